The molecule has 0 unspecified atom stereocenters. The molecule has 0 aliphatic heterocycles. The molecule has 1 heterocycles. The molecule has 0 fully saturated rings. The Morgan fingerprint density at radius 2 is 1.84 bits per heavy atom. The van der Waals surface area contributed by atoms with Gasteiger partial charge in [0, 0.05) is 5.39 Å². The van der Waals surface area contributed by atoms with E-state index < -0.39 is 18.5 Å². The zero-order chi connectivity index (χ0) is 22.7. The Kier molecular flexibility index (Phi) is 6.07. The van der Waals surface area contributed by atoms with E-state index in [9.17, 15) is 9.59 Å². The first-order valence-corrected chi connectivity index (χ1v) is 10.3. The number of primary amides is 1. The van der Waals surface area contributed by atoms with Crippen molar-refractivity contribution in [2.75, 3.05) is 20.8 Å². The van der Waals surface area contributed by atoms with E-state index in [1.165, 1.54) is 0 Å². The number of benzene rings is 2. The second-order valence-corrected chi connectivity index (χ2v) is 7.51. The van der Waals surface area contributed by atoms with Crippen molar-refractivity contribution < 1.29 is 23.8 Å². The smallest absolute Gasteiger partial charge is 0.339 e. The van der Waals surface area contributed by atoms with Gasteiger partial charge < -0.3 is 19.9 Å². The molecule has 2 aromatic carbocycles. The minimum Gasteiger partial charge on any atom is -0.493 e. The molecular formula is C25H24N2O5. The second-order valence-electron chi connectivity index (χ2n) is 7.51. The van der Waals surface area contributed by atoms with E-state index in [4.69, 9.17) is 24.9 Å². The van der Waals surface area contributed by atoms with Gasteiger partial charge in [0.05, 0.1) is 31.0 Å². The van der Waals surface area contributed by atoms with Crippen LogP contribution in [0.4, 0.5) is 0 Å². The van der Waals surface area contributed by atoms with Gasteiger partial charge in [-0.15, -0.1) is 0 Å². The Labute approximate surface area is 185 Å². The van der Waals surface area contributed by atoms with Gasteiger partial charge >= 0.3 is 5.97 Å². The maximum atomic E-state index is 12.9. The number of para-hydroxylation sites is 1. The van der Waals surface area contributed by atoms with Crippen LogP contribution < -0.4 is 15.2 Å². The lowest BCUT2D eigenvalue weighted by atomic mass is 9.86. The van der Waals surface area contributed by atoms with Crippen LogP contribution in [0, 0.1) is 0 Å². The molecule has 0 bridgehead atoms. The molecular weight excluding hydrogens is 408 g/mol. The standard InChI is InChI=1S/C25H24N2O5/c1-30-20-11-10-15(13-21(20)31-2)12-16-6-5-8-18-23(25(29)32-14-22(26)28)17-7-3-4-9-19(17)27-24(16)18/h3-4,7,9-13H,5-6,8,14H2,1-2H3,(H2,26,28)/b16-12+. The lowest BCUT2D eigenvalue weighted by molar-refractivity contribution is -0.121. The van der Waals surface area contributed by atoms with Crippen molar-refractivity contribution in [2.45, 2.75) is 19.3 Å². The molecule has 0 radical (unpaired) electrons. The summed E-state index contributed by atoms with van der Waals surface area (Å²) in [5, 5.41) is 0.702. The minimum absolute atomic E-state index is 0.449. The third kappa shape index (κ3) is 4.14. The first-order chi connectivity index (χ1) is 15.5. The molecule has 1 aromatic heterocycles. The number of pyridine rings is 1. The Hall–Kier alpha value is -3.87. The van der Waals surface area contributed by atoms with Crippen LogP contribution >= 0.6 is 0 Å². The summed E-state index contributed by atoms with van der Waals surface area (Å²) in [5.74, 6) is 0.0352. The maximum Gasteiger partial charge on any atom is 0.339 e. The van der Waals surface area contributed by atoms with E-state index in [1.807, 2.05) is 42.5 Å². The lowest BCUT2D eigenvalue weighted by Crippen LogP contribution is -2.22. The van der Waals surface area contributed by atoms with Crippen LogP contribution in [0.2, 0.25) is 0 Å². The Balaban J connectivity index is 1.85. The lowest BCUT2D eigenvalue weighted by Gasteiger charge is -2.22. The van der Waals surface area contributed by atoms with Crippen LogP contribution in [-0.2, 0) is 16.0 Å². The number of nitrogens with two attached hydrogens (primary N) is 1. The molecule has 0 saturated carbocycles. The summed E-state index contributed by atoms with van der Waals surface area (Å²) in [6.07, 6.45) is 4.43. The largest absolute Gasteiger partial charge is 0.493 e. The van der Waals surface area contributed by atoms with Gasteiger partial charge in [-0.05, 0) is 60.2 Å². The van der Waals surface area contributed by atoms with E-state index in [-0.39, 0.29) is 0 Å². The molecule has 0 saturated heterocycles. The molecule has 7 nitrogen and oxygen atoms in total. The number of amides is 1. The fourth-order valence-electron chi connectivity index (χ4n) is 4.06. The van der Waals surface area contributed by atoms with Gasteiger partial charge in [0.2, 0.25) is 0 Å². The molecule has 4 rings (SSSR count). The molecule has 2 N–H and O–H groups in total. The van der Waals surface area contributed by atoms with E-state index in [1.54, 1.807) is 14.2 Å². The summed E-state index contributed by atoms with van der Waals surface area (Å²) in [6, 6.07) is 13.1. The summed E-state index contributed by atoms with van der Waals surface area (Å²) in [5.41, 5.74) is 9.87. The molecule has 1 aliphatic rings. The normalized spacial score (nSPS) is 14.1. The SMILES string of the molecule is COc1ccc(/C=C2\CCCc3c2nc2ccccc2c3C(=O)OCC(N)=O)cc1OC. The number of carbonyl (C=O) groups is 2. The summed E-state index contributed by atoms with van der Waals surface area (Å²) < 4.78 is 15.9. The molecule has 1 aliphatic carbocycles. The zero-order valence-corrected chi connectivity index (χ0v) is 18.0. The van der Waals surface area contributed by atoms with Crippen LogP contribution in [-0.4, -0.2) is 37.7 Å². The highest BCUT2D eigenvalue weighted by Gasteiger charge is 2.26. The van der Waals surface area contributed by atoms with Crippen molar-refractivity contribution >= 4 is 34.4 Å². The average molecular weight is 432 g/mol. The number of nitrogens with zero attached hydrogens (tertiary/aromatic N) is 1. The fourth-order valence-corrected chi connectivity index (χ4v) is 4.06. The third-order valence-electron chi connectivity index (χ3n) is 5.47. The number of rotatable bonds is 6. The van der Waals surface area contributed by atoms with Crippen molar-refractivity contribution in [2.24, 2.45) is 5.73 Å². The zero-order valence-electron chi connectivity index (χ0n) is 18.0. The van der Waals surface area contributed by atoms with Gasteiger partial charge in [-0.1, -0.05) is 24.3 Å². The molecule has 164 valence electrons. The van der Waals surface area contributed by atoms with Gasteiger partial charge in [0.1, 0.15) is 0 Å². The van der Waals surface area contributed by atoms with Gasteiger partial charge in [0.25, 0.3) is 5.91 Å². The molecule has 0 spiro atoms. The first kappa shape index (κ1) is 21.4. The highest BCUT2D eigenvalue weighted by atomic mass is 16.5. The molecule has 32 heavy (non-hydrogen) atoms. The topological polar surface area (TPSA) is 101 Å². The number of allylic oxidation sites excluding steroid dienone is 1. The molecule has 0 atom stereocenters. The molecule has 3 aromatic rings. The number of carbonyl (C=O) groups excluding carboxylic acids is 2. The maximum absolute atomic E-state index is 12.9. The first-order valence-electron chi connectivity index (χ1n) is 10.3. The number of aromatic nitrogens is 1. The minimum atomic E-state index is -0.695. The van der Waals surface area contributed by atoms with Crippen LogP contribution in [0.3, 0.4) is 0 Å². The highest BCUT2D eigenvalue weighted by molar-refractivity contribution is 6.07. The van der Waals surface area contributed by atoms with Gasteiger partial charge in [0.15, 0.2) is 18.1 Å². The second kappa shape index (κ2) is 9.09. The van der Waals surface area contributed by atoms with Crippen molar-refractivity contribution in [1.82, 2.24) is 4.98 Å². The van der Waals surface area contributed by atoms with Crippen LogP contribution in [0.5, 0.6) is 11.5 Å². The predicted octanol–water partition coefficient (Wildman–Crippen LogP) is 3.77. The summed E-state index contributed by atoms with van der Waals surface area (Å²) >= 11 is 0. The van der Waals surface area contributed by atoms with Crippen LogP contribution in [0.1, 0.15) is 40.0 Å². The monoisotopic (exact) mass is 432 g/mol. The van der Waals surface area contributed by atoms with Crippen molar-refractivity contribution in [3.8, 4) is 11.5 Å². The van der Waals surface area contributed by atoms with Gasteiger partial charge in [-0.3, -0.25) is 4.79 Å². The Morgan fingerprint density at radius 1 is 1.06 bits per heavy atom. The van der Waals surface area contributed by atoms with Gasteiger partial charge in [-0.25, -0.2) is 9.78 Å². The van der Waals surface area contributed by atoms with Crippen molar-refractivity contribution in [1.29, 1.82) is 0 Å². The quantitative estimate of drug-likeness (QED) is 0.595. The highest BCUT2D eigenvalue weighted by Crippen LogP contribution is 2.37. The van der Waals surface area contributed by atoms with Gasteiger partial charge in [-0.2, -0.15) is 0 Å². The predicted molar refractivity (Wildman–Crippen MR) is 122 cm³/mol. The summed E-state index contributed by atoms with van der Waals surface area (Å²) in [4.78, 5) is 29.0. The van der Waals surface area contributed by atoms with Crippen LogP contribution in [0.15, 0.2) is 42.5 Å². The Bertz CT molecular complexity index is 1230. The van der Waals surface area contributed by atoms with Crippen molar-refractivity contribution in [3.05, 3.63) is 64.8 Å². The number of hydrogen-bond acceptors (Lipinski definition) is 6. The number of methoxy groups -OCH3 is 2. The van der Waals surface area contributed by atoms with E-state index in [0.29, 0.717) is 34.4 Å². The Morgan fingerprint density at radius 3 is 2.59 bits per heavy atom. The third-order valence-corrected chi connectivity index (χ3v) is 5.47. The van der Waals surface area contributed by atoms with E-state index in [2.05, 4.69) is 6.08 Å². The number of fused-ring (bicyclic) bond motifs is 2. The fraction of sp³-hybridized carbons (Fsp3) is 0.240. The summed E-state index contributed by atoms with van der Waals surface area (Å²) in [6.45, 7) is -0.460. The number of esters is 1. The summed E-state index contributed by atoms with van der Waals surface area (Å²) in [7, 11) is 3.20. The van der Waals surface area contributed by atoms with Crippen molar-refractivity contribution in [3.63, 3.8) is 0 Å². The molecule has 7 heteroatoms. The van der Waals surface area contributed by atoms with E-state index in [0.717, 1.165) is 35.2 Å². The number of hydrogen-bond donors (Lipinski definition) is 1. The molecule has 1 amide bonds. The van der Waals surface area contributed by atoms with Crippen LogP contribution in [0.25, 0.3) is 22.6 Å². The van der Waals surface area contributed by atoms with E-state index >= 15 is 0 Å². The number of ether oxygens (including phenoxy) is 3. The average Bonchev–Trinajstić information content (AvgIpc) is 2.81.